The first-order valence-corrected chi connectivity index (χ1v) is 5.30. The molecule has 3 nitrogen and oxygen atoms in total. The molecule has 15 heavy (non-hydrogen) atoms. The maximum absolute atomic E-state index is 5.80. The lowest BCUT2D eigenvalue weighted by atomic mass is 10.1. The molecule has 0 N–H and O–H groups in total. The molecule has 0 atom stereocenters. The van der Waals surface area contributed by atoms with Crippen LogP contribution in [0.3, 0.4) is 0 Å². The third-order valence-corrected chi connectivity index (χ3v) is 2.55. The van der Waals surface area contributed by atoms with Gasteiger partial charge in [0.1, 0.15) is 5.15 Å². The zero-order chi connectivity index (χ0) is 10.8. The van der Waals surface area contributed by atoms with Gasteiger partial charge in [0.2, 0.25) is 0 Å². The number of imidazole rings is 1. The topological polar surface area (TPSA) is 30.2 Å². The van der Waals surface area contributed by atoms with Gasteiger partial charge >= 0.3 is 0 Å². The molecule has 2 aromatic heterocycles. The normalized spacial score (nSPS) is 12.3. The minimum Gasteiger partial charge on any atom is -0.227 e. The van der Waals surface area contributed by atoms with Gasteiger partial charge in [-0.3, -0.25) is 0 Å². The number of allylic oxidation sites excluding steroid dienone is 2. The molecule has 0 saturated heterocycles. The fraction of sp³-hybridized carbons (Fsp3) is 0.273. The zero-order valence-corrected chi connectivity index (χ0v) is 9.49. The van der Waals surface area contributed by atoms with Crippen LogP contribution in [-0.4, -0.2) is 14.6 Å². The number of hydrogen-bond donors (Lipinski definition) is 0. The first-order valence-electron chi connectivity index (χ1n) is 4.92. The molecular formula is C11H12ClN3. The third kappa shape index (κ3) is 1.88. The lowest BCUT2D eigenvalue weighted by molar-refractivity contribution is 0.936. The summed E-state index contributed by atoms with van der Waals surface area (Å²) < 4.78 is 1.71. The van der Waals surface area contributed by atoms with Crippen molar-refractivity contribution in [3.05, 3.63) is 35.3 Å². The van der Waals surface area contributed by atoms with Crippen molar-refractivity contribution < 1.29 is 0 Å². The number of nitrogens with zero attached hydrogens (tertiary/aromatic N) is 3. The molecule has 2 heterocycles. The van der Waals surface area contributed by atoms with E-state index in [1.54, 1.807) is 10.6 Å². The van der Waals surface area contributed by atoms with Gasteiger partial charge in [0.15, 0.2) is 5.65 Å². The van der Waals surface area contributed by atoms with Crippen molar-refractivity contribution >= 4 is 22.8 Å². The third-order valence-electron chi connectivity index (χ3n) is 2.35. The molecule has 2 aromatic rings. The van der Waals surface area contributed by atoms with Crippen LogP contribution in [0.4, 0.5) is 0 Å². The molecule has 0 spiro atoms. The van der Waals surface area contributed by atoms with Crippen molar-refractivity contribution in [3.8, 4) is 0 Å². The maximum Gasteiger partial charge on any atom is 0.154 e. The highest BCUT2D eigenvalue weighted by Gasteiger charge is 2.05. The van der Waals surface area contributed by atoms with Crippen LogP contribution < -0.4 is 0 Å². The van der Waals surface area contributed by atoms with Gasteiger partial charge in [-0.25, -0.2) is 9.50 Å². The number of rotatable bonds is 2. The van der Waals surface area contributed by atoms with Crippen LogP contribution in [0.5, 0.6) is 0 Å². The SMILES string of the molecule is CC=C(CC)c1cn2nc(Cl)ccc2n1. The Morgan fingerprint density at radius 2 is 2.33 bits per heavy atom. The lowest BCUT2D eigenvalue weighted by Gasteiger charge is -1.95. The van der Waals surface area contributed by atoms with E-state index in [0.29, 0.717) is 5.15 Å². The summed E-state index contributed by atoms with van der Waals surface area (Å²) in [4.78, 5) is 4.47. The number of aromatic nitrogens is 3. The van der Waals surface area contributed by atoms with Gasteiger partial charge in [0, 0.05) is 0 Å². The Bertz CT molecular complexity index is 514. The second kappa shape index (κ2) is 4.03. The second-order valence-corrected chi connectivity index (χ2v) is 3.64. The van der Waals surface area contributed by atoms with Crippen molar-refractivity contribution in [1.29, 1.82) is 0 Å². The van der Waals surface area contributed by atoms with E-state index in [9.17, 15) is 0 Å². The molecule has 0 bridgehead atoms. The van der Waals surface area contributed by atoms with Crippen LogP contribution in [0.1, 0.15) is 26.0 Å². The van der Waals surface area contributed by atoms with Gasteiger partial charge in [-0.15, -0.1) is 0 Å². The van der Waals surface area contributed by atoms with E-state index in [1.807, 2.05) is 19.2 Å². The molecule has 0 aliphatic rings. The summed E-state index contributed by atoms with van der Waals surface area (Å²) in [6.07, 6.45) is 4.94. The Balaban J connectivity index is 2.56. The van der Waals surface area contributed by atoms with Gasteiger partial charge < -0.3 is 0 Å². The van der Waals surface area contributed by atoms with Crippen molar-refractivity contribution in [2.24, 2.45) is 0 Å². The smallest absolute Gasteiger partial charge is 0.154 e. The van der Waals surface area contributed by atoms with Crippen LogP contribution in [0.2, 0.25) is 5.15 Å². The standard InChI is InChI=1S/C11H12ClN3/c1-3-8(4-2)9-7-15-11(13-9)6-5-10(12)14-15/h3,5-7H,4H2,1-2H3. The number of halogens is 1. The molecule has 0 saturated carbocycles. The Kier molecular flexibility index (Phi) is 2.73. The van der Waals surface area contributed by atoms with E-state index in [4.69, 9.17) is 11.6 Å². The molecule has 78 valence electrons. The fourth-order valence-electron chi connectivity index (χ4n) is 1.55. The molecule has 0 unspecified atom stereocenters. The highest BCUT2D eigenvalue weighted by atomic mass is 35.5. The highest BCUT2D eigenvalue weighted by molar-refractivity contribution is 6.29. The van der Waals surface area contributed by atoms with E-state index in [2.05, 4.69) is 23.1 Å². The molecule has 0 amide bonds. The van der Waals surface area contributed by atoms with Crippen LogP contribution in [0.25, 0.3) is 11.2 Å². The summed E-state index contributed by atoms with van der Waals surface area (Å²) in [5, 5.41) is 4.62. The van der Waals surface area contributed by atoms with Crippen molar-refractivity contribution in [1.82, 2.24) is 14.6 Å². The van der Waals surface area contributed by atoms with Crippen LogP contribution in [-0.2, 0) is 0 Å². The molecule has 0 aromatic carbocycles. The quantitative estimate of drug-likeness (QED) is 0.780. The maximum atomic E-state index is 5.80. The van der Waals surface area contributed by atoms with Gasteiger partial charge in [-0.2, -0.15) is 5.10 Å². The fourth-order valence-corrected chi connectivity index (χ4v) is 1.69. The predicted molar refractivity (Wildman–Crippen MR) is 61.9 cm³/mol. The lowest BCUT2D eigenvalue weighted by Crippen LogP contribution is -1.88. The van der Waals surface area contributed by atoms with Gasteiger partial charge in [-0.05, 0) is 31.1 Å². The molecule has 0 fully saturated rings. The van der Waals surface area contributed by atoms with E-state index in [0.717, 1.165) is 17.8 Å². The molecule has 0 radical (unpaired) electrons. The van der Waals surface area contributed by atoms with E-state index < -0.39 is 0 Å². The number of fused-ring (bicyclic) bond motifs is 1. The van der Waals surface area contributed by atoms with Crippen molar-refractivity contribution in [2.45, 2.75) is 20.3 Å². The van der Waals surface area contributed by atoms with E-state index >= 15 is 0 Å². The molecule has 4 heteroatoms. The zero-order valence-electron chi connectivity index (χ0n) is 8.74. The molecule has 2 rings (SSSR count). The molecular weight excluding hydrogens is 210 g/mol. The van der Waals surface area contributed by atoms with Crippen molar-refractivity contribution in [2.75, 3.05) is 0 Å². The van der Waals surface area contributed by atoms with Crippen molar-refractivity contribution in [3.63, 3.8) is 0 Å². The van der Waals surface area contributed by atoms with Crippen LogP contribution >= 0.6 is 11.6 Å². The Morgan fingerprint density at radius 1 is 1.53 bits per heavy atom. The number of hydrogen-bond acceptors (Lipinski definition) is 2. The van der Waals surface area contributed by atoms with Crippen LogP contribution in [0, 0.1) is 0 Å². The average molecular weight is 222 g/mol. The predicted octanol–water partition coefficient (Wildman–Crippen LogP) is 3.20. The first kappa shape index (κ1) is 10.2. The van der Waals surface area contributed by atoms with Gasteiger partial charge in [-0.1, -0.05) is 24.6 Å². The Morgan fingerprint density at radius 3 is 3.00 bits per heavy atom. The minimum atomic E-state index is 0.477. The Labute approximate surface area is 93.4 Å². The monoisotopic (exact) mass is 221 g/mol. The second-order valence-electron chi connectivity index (χ2n) is 3.25. The van der Waals surface area contributed by atoms with Gasteiger partial charge in [0.25, 0.3) is 0 Å². The van der Waals surface area contributed by atoms with Crippen LogP contribution in [0.15, 0.2) is 24.4 Å². The average Bonchev–Trinajstić information content (AvgIpc) is 2.62. The van der Waals surface area contributed by atoms with E-state index in [1.165, 1.54) is 5.57 Å². The summed E-state index contributed by atoms with van der Waals surface area (Å²) >= 11 is 5.80. The molecule has 0 aliphatic carbocycles. The first-order chi connectivity index (χ1) is 7.24. The van der Waals surface area contributed by atoms with E-state index in [-0.39, 0.29) is 0 Å². The summed E-state index contributed by atoms with van der Waals surface area (Å²) in [6.45, 7) is 4.13. The Hall–Kier alpha value is -1.35. The summed E-state index contributed by atoms with van der Waals surface area (Å²) in [7, 11) is 0. The highest BCUT2D eigenvalue weighted by Crippen LogP contribution is 2.17. The minimum absolute atomic E-state index is 0.477. The summed E-state index contributed by atoms with van der Waals surface area (Å²) in [5.74, 6) is 0. The largest absolute Gasteiger partial charge is 0.227 e. The summed E-state index contributed by atoms with van der Waals surface area (Å²) in [6, 6.07) is 3.61. The van der Waals surface area contributed by atoms with Gasteiger partial charge in [0.05, 0.1) is 11.9 Å². The summed E-state index contributed by atoms with van der Waals surface area (Å²) in [5.41, 5.74) is 3.01. The molecule has 0 aliphatic heterocycles.